The lowest BCUT2D eigenvalue weighted by molar-refractivity contribution is 0.698. The minimum Gasteiger partial charge on any atom is -0.404 e. The molecule has 122 valence electrons. The Bertz CT molecular complexity index is 472. The Hall–Kier alpha value is -1.76. The first-order valence-electron chi connectivity index (χ1n) is 8.29. The fraction of sp³-hybridized carbons (Fsp3) is 0.429. The van der Waals surface area contributed by atoms with E-state index in [4.69, 9.17) is 5.73 Å². The van der Waals surface area contributed by atoms with Crippen LogP contribution >= 0.6 is 0 Å². The van der Waals surface area contributed by atoms with Crippen LogP contribution in [0.1, 0.15) is 53.4 Å². The van der Waals surface area contributed by atoms with Crippen LogP contribution in [-0.4, -0.2) is 0 Å². The number of unbranched alkanes of at least 4 members (excludes halogenated alkanes) is 2. The van der Waals surface area contributed by atoms with Crippen LogP contribution in [0.15, 0.2) is 72.0 Å². The van der Waals surface area contributed by atoms with Gasteiger partial charge in [-0.1, -0.05) is 83.1 Å². The van der Waals surface area contributed by atoms with E-state index in [0.717, 1.165) is 35.1 Å². The van der Waals surface area contributed by atoms with Crippen molar-refractivity contribution in [1.29, 1.82) is 0 Å². The molecule has 0 rings (SSSR count). The third-order valence-electron chi connectivity index (χ3n) is 3.66. The number of allylic oxidation sites excluding steroid dienone is 9. The SMILES string of the molecule is C=C(C)C(=C)/C=C(\C=C/C(C)CC)C(/C=C\CCCC)=C/N. The van der Waals surface area contributed by atoms with Crippen LogP contribution in [0.2, 0.25) is 0 Å². The van der Waals surface area contributed by atoms with Crippen LogP contribution in [0.5, 0.6) is 0 Å². The lowest BCUT2D eigenvalue weighted by Crippen LogP contribution is -1.93. The van der Waals surface area contributed by atoms with Gasteiger partial charge in [-0.15, -0.1) is 0 Å². The molecular weight excluding hydrogens is 266 g/mol. The van der Waals surface area contributed by atoms with Gasteiger partial charge in [-0.3, -0.25) is 0 Å². The fourth-order valence-electron chi connectivity index (χ4n) is 1.72. The standard InChI is InChI=1S/C21H33N/c1-7-9-10-11-12-21(16-22)20(14-13-18(5)8-2)15-19(6)17(3)4/h11-16,18H,3,6-10,22H2,1-2,4-5H3/b12-11-,14-13-,20-15+,21-16+. The largest absolute Gasteiger partial charge is 0.404 e. The summed E-state index contributed by atoms with van der Waals surface area (Å²) in [5.74, 6) is 0.546. The molecule has 0 spiro atoms. The molecule has 0 aliphatic rings. The third-order valence-corrected chi connectivity index (χ3v) is 3.66. The van der Waals surface area contributed by atoms with E-state index in [1.54, 1.807) is 6.20 Å². The van der Waals surface area contributed by atoms with Gasteiger partial charge in [-0.2, -0.15) is 0 Å². The van der Waals surface area contributed by atoms with Crippen molar-refractivity contribution in [2.75, 3.05) is 0 Å². The van der Waals surface area contributed by atoms with Crippen LogP contribution < -0.4 is 5.73 Å². The van der Waals surface area contributed by atoms with Crippen molar-refractivity contribution in [3.05, 3.63) is 72.0 Å². The molecule has 0 aromatic rings. The Labute approximate surface area is 137 Å². The molecule has 0 aliphatic heterocycles. The minimum absolute atomic E-state index is 0.546. The Kier molecular flexibility index (Phi) is 10.9. The minimum atomic E-state index is 0.546. The van der Waals surface area contributed by atoms with Gasteiger partial charge in [-0.05, 0) is 42.1 Å². The van der Waals surface area contributed by atoms with Crippen molar-refractivity contribution < 1.29 is 0 Å². The number of nitrogens with two attached hydrogens (primary N) is 1. The molecule has 0 aliphatic carbocycles. The van der Waals surface area contributed by atoms with Gasteiger partial charge in [0.05, 0.1) is 0 Å². The summed E-state index contributed by atoms with van der Waals surface area (Å²) >= 11 is 0. The van der Waals surface area contributed by atoms with Crippen LogP contribution in [0, 0.1) is 5.92 Å². The summed E-state index contributed by atoms with van der Waals surface area (Å²) in [7, 11) is 0. The van der Waals surface area contributed by atoms with Crippen molar-refractivity contribution >= 4 is 0 Å². The van der Waals surface area contributed by atoms with E-state index >= 15 is 0 Å². The maximum atomic E-state index is 5.84. The molecule has 0 fully saturated rings. The van der Waals surface area contributed by atoms with Crippen molar-refractivity contribution in [2.45, 2.75) is 53.4 Å². The molecule has 0 radical (unpaired) electrons. The highest BCUT2D eigenvalue weighted by molar-refractivity contribution is 5.51. The summed E-state index contributed by atoms with van der Waals surface area (Å²) in [6, 6.07) is 0. The van der Waals surface area contributed by atoms with Gasteiger partial charge in [0.15, 0.2) is 0 Å². The van der Waals surface area contributed by atoms with E-state index in [2.05, 4.69) is 64.3 Å². The van der Waals surface area contributed by atoms with E-state index < -0.39 is 0 Å². The van der Waals surface area contributed by atoms with E-state index in [1.165, 1.54) is 12.8 Å². The molecule has 0 saturated carbocycles. The normalized spacial score (nSPS) is 14.7. The zero-order valence-electron chi connectivity index (χ0n) is 14.9. The average Bonchev–Trinajstić information content (AvgIpc) is 2.51. The highest BCUT2D eigenvalue weighted by atomic mass is 14.5. The highest BCUT2D eigenvalue weighted by Gasteiger charge is 2.01. The van der Waals surface area contributed by atoms with E-state index in [9.17, 15) is 0 Å². The molecule has 1 unspecified atom stereocenters. The van der Waals surface area contributed by atoms with Crippen molar-refractivity contribution in [3.63, 3.8) is 0 Å². The molecule has 2 N–H and O–H groups in total. The molecule has 22 heavy (non-hydrogen) atoms. The fourth-order valence-corrected chi connectivity index (χ4v) is 1.72. The second-order valence-electron chi connectivity index (χ2n) is 5.82. The van der Waals surface area contributed by atoms with Gasteiger partial charge >= 0.3 is 0 Å². The first-order chi connectivity index (χ1) is 10.5. The Morgan fingerprint density at radius 3 is 2.32 bits per heavy atom. The molecule has 1 nitrogen and oxygen atoms in total. The number of hydrogen-bond acceptors (Lipinski definition) is 1. The Balaban J connectivity index is 5.35. The summed E-state index contributed by atoms with van der Waals surface area (Å²) in [5, 5.41) is 0. The van der Waals surface area contributed by atoms with Crippen LogP contribution in [0.4, 0.5) is 0 Å². The van der Waals surface area contributed by atoms with Gasteiger partial charge in [0.25, 0.3) is 0 Å². The highest BCUT2D eigenvalue weighted by Crippen LogP contribution is 2.19. The predicted molar refractivity (Wildman–Crippen MR) is 102 cm³/mol. The molecule has 0 amide bonds. The van der Waals surface area contributed by atoms with E-state index in [0.29, 0.717) is 5.92 Å². The predicted octanol–water partition coefficient (Wildman–Crippen LogP) is 6.24. The molecule has 0 heterocycles. The molecule has 0 bridgehead atoms. The summed E-state index contributed by atoms with van der Waals surface area (Å²) in [5.41, 5.74) is 9.86. The third kappa shape index (κ3) is 8.51. The van der Waals surface area contributed by atoms with Gasteiger partial charge < -0.3 is 5.73 Å². The van der Waals surface area contributed by atoms with Gasteiger partial charge in [0, 0.05) is 6.20 Å². The molecule has 1 heteroatoms. The first kappa shape index (κ1) is 20.2. The maximum absolute atomic E-state index is 5.84. The summed E-state index contributed by atoms with van der Waals surface area (Å²) in [6.07, 6.45) is 17.0. The lowest BCUT2D eigenvalue weighted by Gasteiger charge is -2.08. The zero-order chi connectivity index (χ0) is 17.0. The summed E-state index contributed by atoms with van der Waals surface area (Å²) < 4.78 is 0. The second kappa shape index (κ2) is 11.9. The zero-order valence-corrected chi connectivity index (χ0v) is 14.9. The first-order valence-corrected chi connectivity index (χ1v) is 8.29. The van der Waals surface area contributed by atoms with E-state index in [-0.39, 0.29) is 0 Å². The molecule has 1 atom stereocenters. The van der Waals surface area contributed by atoms with Crippen LogP contribution in [0.3, 0.4) is 0 Å². The van der Waals surface area contributed by atoms with Gasteiger partial charge in [-0.25, -0.2) is 0 Å². The lowest BCUT2D eigenvalue weighted by atomic mass is 9.98. The molecule has 0 aromatic heterocycles. The summed E-state index contributed by atoms with van der Waals surface area (Å²) in [6.45, 7) is 16.6. The van der Waals surface area contributed by atoms with E-state index in [1.807, 2.05) is 6.92 Å². The topological polar surface area (TPSA) is 26.0 Å². The van der Waals surface area contributed by atoms with Crippen LogP contribution in [0.25, 0.3) is 0 Å². The average molecular weight is 300 g/mol. The molecular formula is C21H33N. The second-order valence-corrected chi connectivity index (χ2v) is 5.82. The van der Waals surface area contributed by atoms with Crippen molar-refractivity contribution in [1.82, 2.24) is 0 Å². The quantitative estimate of drug-likeness (QED) is 0.375. The maximum Gasteiger partial charge on any atom is 0.00174 e. The van der Waals surface area contributed by atoms with Crippen molar-refractivity contribution in [3.8, 4) is 0 Å². The summed E-state index contributed by atoms with van der Waals surface area (Å²) in [4.78, 5) is 0. The Morgan fingerprint density at radius 1 is 1.14 bits per heavy atom. The van der Waals surface area contributed by atoms with Crippen molar-refractivity contribution in [2.24, 2.45) is 11.7 Å². The van der Waals surface area contributed by atoms with Gasteiger partial charge in [0.1, 0.15) is 0 Å². The van der Waals surface area contributed by atoms with Crippen LogP contribution in [-0.2, 0) is 0 Å². The molecule has 0 saturated heterocycles. The Morgan fingerprint density at radius 2 is 1.82 bits per heavy atom. The number of hydrogen-bond donors (Lipinski definition) is 1. The van der Waals surface area contributed by atoms with Gasteiger partial charge in [0.2, 0.25) is 0 Å². The number of rotatable bonds is 10. The molecule has 0 aromatic carbocycles. The monoisotopic (exact) mass is 299 g/mol. The smallest absolute Gasteiger partial charge is 0.00174 e.